The summed E-state index contributed by atoms with van der Waals surface area (Å²) in [4.78, 5) is 12.3. The topological polar surface area (TPSA) is 89.8 Å². The van der Waals surface area contributed by atoms with Gasteiger partial charge in [-0.15, -0.1) is 0 Å². The number of aliphatic hydroxyl groups is 3. The minimum atomic E-state index is -0.921. The number of aliphatic hydroxyl groups excluding tert-OH is 3. The average molecular weight is 568 g/mol. The first-order valence-electron chi connectivity index (χ1n) is 17.5. The minimum absolute atomic E-state index is 0.0164. The fraction of sp³-hybridized carbons (Fsp3) is 0.914. The number of carbonyl (C=O) groups excluding carboxylic acids is 1. The van der Waals surface area contributed by atoms with E-state index in [9.17, 15) is 20.1 Å². The Hall–Kier alpha value is -0.910. The normalized spacial score (nSPS) is 14.0. The molecule has 0 aliphatic heterocycles. The lowest BCUT2D eigenvalue weighted by molar-refractivity contribution is -0.124. The van der Waals surface area contributed by atoms with Crippen molar-refractivity contribution in [1.82, 2.24) is 5.32 Å². The van der Waals surface area contributed by atoms with Crippen molar-refractivity contribution in [2.24, 2.45) is 0 Å². The number of nitrogens with one attached hydrogen (secondary N) is 1. The minimum Gasteiger partial charge on any atom is -0.394 e. The van der Waals surface area contributed by atoms with Gasteiger partial charge in [-0.2, -0.15) is 0 Å². The van der Waals surface area contributed by atoms with Gasteiger partial charge in [-0.25, -0.2) is 0 Å². The van der Waals surface area contributed by atoms with Gasteiger partial charge in [0.15, 0.2) is 0 Å². The first-order valence-corrected chi connectivity index (χ1v) is 17.5. The molecule has 5 heteroatoms. The molecule has 1 amide bonds. The summed E-state index contributed by atoms with van der Waals surface area (Å²) < 4.78 is 0. The molecule has 238 valence electrons. The highest BCUT2D eigenvalue weighted by atomic mass is 16.3. The van der Waals surface area contributed by atoms with Gasteiger partial charge in [-0.05, 0) is 19.3 Å². The Kier molecular flexibility index (Phi) is 30.3. The first kappa shape index (κ1) is 39.1. The van der Waals surface area contributed by atoms with Crippen molar-refractivity contribution in [3.8, 4) is 0 Å². The standard InChI is InChI=1S/C35H69NO4/c1-3-5-7-9-11-13-14-15-16-17-18-19-20-21-23-25-27-29-34(39)33(31-37)36-35(40)30-32(38)28-26-24-22-12-10-8-6-4-2/h27,29,32-34,37-39H,3-26,28,30-31H2,1-2H3,(H,36,40)/b29-27+. The maximum absolute atomic E-state index is 12.3. The molecule has 0 saturated heterocycles. The fourth-order valence-electron chi connectivity index (χ4n) is 5.34. The van der Waals surface area contributed by atoms with E-state index in [4.69, 9.17) is 0 Å². The largest absolute Gasteiger partial charge is 0.394 e. The van der Waals surface area contributed by atoms with Gasteiger partial charge in [0, 0.05) is 0 Å². The molecular formula is C35H69NO4. The number of hydrogen-bond acceptors (Lipinski definition) is 4. The van der Waals surface area contributed by atoms with E-state index in [-0.39, 0.29) is 18.9 Å². The summed E-state index contributed by atoms with van der Waals surface area (Å²) in [5, 5.41) is 32.9. The predicted octanol–water partition coefficient (Wildman–Crippen LogP) is 8.92. The van der Waals surface area contributed by atoms with Crippen molar-refractivity contribution in [2.45, 2.75) is 199 Å². The van der Waals surface area contributed by atoms with E-state index in [0.717, 1.165) is 25.7 Å². The van der Waals surface area contributed by atoms with Crippen LogP contribution in [-0.2, 0) is 4.79 Å². The summed E-state index contributed by atoms with van der Waals surface area (Å²) >= 11 is 0. The van der Waals surface area contributed by atoms with Crippen LogP contribution in [-0.4, -0.2) is 46.1 Å². The Balaban J connectivity index is 3.71. The highest BCUT2D eigenvalue weighted by Crippen LogP contribution is 2.14. The molecule has 3 atom stereocenters. The molecule has 0 heterocycles. The lowest BCUT2D eigenvalue weighted by Gasteiger charge is -2.21. The summed E-state index contributed by atoms with van der Waals surface area (Å²) in [6.07, 6.45) is 33.4. The summed E-state index contributed by atoms with van der Waals surface area (Å²) in [6.45, 7) is 4.17. The van der Waals surface area contributed by atoms with Crippen molar-refractivity contribution in [3.63, 3.8) is 0 Å². The van der Waals surface area contributed by atoms with Gasteiger partial charge in [0.2, 0.25) is 5.91 Å². The third-order valence-electron chi connectivity index (χ3n) is 8.07. The Morgan fingerprint density at radius 2 is 1.02 bits per heavy atom. The van der Waals surface area contributed by atoms with Crippen LogP contribution in [0.1, 0.15) is 181 Å². The smallest absolute Gasteiger partial charge is 0.222 e. The Morgan fingerprint density at radius 3 is 1.45 bits per heavy atom. The monoisotopic (exact) mass is 568 g/mol. The molecule has 0 aromatic rings. The predicted molar refractivity (Wildman–Crippen MR) is 172 cm³/mol. The number of amides is 1. The van der Waals surface area contributed by atoms with E-state index in [1.165, 1.54) is 128 Å². The average Bonchev–Trinajstić information content (AvgIpc) is 2.94. The SMILES string of the molecule is CCCCCCCCCCCCCCCCC/C=C/C(O)C(CO)NC(=O)CC(O)CCCCCCCCCC. The molecule has 0 aliphatic rings. The molecule has 4 N–H and O–H groups in total. The van der Waals surface area contributed by atoms with Gasteiger partial charge in [0.25, 0.3) is 0 Å². The maximum Gasteiger partial charge on any atom is 0.222 e. The zero-order valence-corrected chi connectivity index (χ0v) is 26.7. The second-order valence-electron chi connectivity index (χ2n) is 12.1. The molecule has 0 spiro atoms. The lowest BCUT2D eigenvalue weighted by Crippen LogP contribution is -2.45. The van der Waals surface area contributed by atoms with Gasteiger partial charge in [0.05, 0.1) is 31.3 Å². The highest BCUT2D eigenvalue weighted by molar-refractivity contribution is 5.76. The number of carbonyl (C=O) groups is 1. The summed E-state index contributed by atoms with van der Waals surface area (Å²) in [6, 6.07) is -0.736. The molecule has 0 fully saturated rings. The van der Waals surface area contributed by atoms with Gasteiger partial charge in [-0.3, -0.25) is 4.79 Å². The molecule has 0 aliphatic carbocycles. The third-order valence-corrected chi connectivity index (χ3v) is 8.07. The van der Waals surface area contributed by atoms with Crippen LogP contribution in [0, 0.1) is 0 Å². The number of rotatable bonds is 31. The van der Waals surface area contributed by atoms with Gasteiger partial charge in [0.1, 0.15) is 0 Å². The van der Waals surface area contributed by atoms with Crippen LogP contribution in [0.3, 0.4) is 0 Å². The zero-order valence-electron chi connectivity index (χ0n) is 26.7. The van der Waals surface area contributed by atoms with Crippen LogP contribution in [0.2, 0.25) is 0 Å². The van der Waals surface area contributed by atoms with E-state index >= 15 is 0 Å². The van der Waals surface area contributed by atoms with Gasteiger partial charge < -0.3 is 20.6 Å². The molecule has 5 nitrogen and oxygen atoms in total. The van der Waals surface area contributed by atoms with E-state index < -0.39 is 18.2 Å². The Labute approximate surface area is 249 Å². The lowest BCUT2D eigenvalue weighted by atomic mass is 10.0. The molecule has 0 aromatic carbocycles. The summed E-state index contributed by atoms with van der Waals surface area (Å²) in [5.74, 6) is -0.319. The van der Waals surface area contributed by atoms with Crippen LogP contribution in [0.15, 0.2) is 12.2 Å². The molecule has 0 aromatic heterocycles. The fourth-order valence-corrected chi connectivity index (χ4v) is 5.34. The van der Waals surface area contributed by atoms with Crippen molar-refractivity contribution in [1.29, 1.82) is 0 Å². The molecule has 40 heavy (non-hydrogen) atoms. The highest BCUT2D eigenvalue weighted by Gasteiger charge is 2.20. The van der Waals surface area contributed by atoms with Crippen LogP contribution >= 0.6 is 0 Å². The van der Waals surface area contributed by atoms with Crippen molar-refractivity contribution < 1.29 is 20.1 Å². The van der Waals surface area contributed by atoms with Crippen LogP contribution in [0.5, 0.6) is 0 Å². The van der Waals surface area contributed by atoms with Gasteiger partial charge >= 0.3 is 0 Å². The Bertz CT molecular complexity index is 554. The van der Waals surface area contributed by atoms with Crippen molar-refractivity contribution in [2.75, 3.05) is 6.61 Å². The van der Waals surface area contributed by atoms with Gasteiger partial charge in [-0.1, -0.05) is 167 Å². The van der Waals surface area contributed by atoms with E-state index in [2.05, 4.69) is 19.2 Å². The number of unbranched alkanes of at least 4 members (excludes halogenated alkanes) is 22. The number of allylic oxidation sites excluding steroid dienone is 1. The van der Waals surface area contributed by atoms with Crippen LogP contribution in [0.4, 0.5) is 0 Å². The quantitative estimate of drug-likeness (QED) is 0.0497. The molecule has 0 radical (unpaired) electrons. The second kappa shape index (κ2) is 31.0. The van der Waals surface area contributed by atoms with E-state index in [0.29, 0.717) is 6.42 Å². The molecular weight excluding hydrogens is 498 g/mol. The van der Waals surface area contributed by atoms with Crippen LogP contribution < -0.4 is 5.32 Å². The molecule has 0 bridgehead atoms. The third kappa shape index (κ3) is 27.3. The van der Waals surface area contributed by atoms with Crippen LogP contribution in [0.25, 0.3) is 0 Å². The Morgan fingerprint density at radius 1 is 0.625 bits per heavy atom. The van der Waals surface area contributed by atoms with E-state index in [1.807, 2.05) is 6.08 Å². The summed E-state index contributed by atoms with van der Waals surface area (Å²) in [7, 11) is 0. The molecule has 0 rings (SSSR count). The summed E-state index contributed by atoms with van der Waals surface area (Å²) in [5.41, 5.74) is 0. The second-order valence-corrected chi connectivity index (χ2v) is 12.1. The molecule has 0 saturated carbocycles. The molecule has 3 unspecified atom stereocenters. The van der Waals surface area contributed by atoms with Crippen molar-refractivity contribution >= 4 is 5.91 Å². The maximum atomic E-state index is 12.3. The van der Waals surface area contributed by atoms with Crippen molar-refractivity contribution in [3.05, 3.63) is 12.2 Å². The van der Waals surface area contributed by atoms with E-state index in [1.54, 1.807) is 6.08 Å². The first-order chi connectivity index (χ1) is 19.5. The zero-order chi connectivity index (χ0) is 29.5. The number of hydrogen-bond donors (Lipinski definition) is 4.